The molecular formula is C12H22N4O2. The maximum atomic E-state index is 5.66. The number of hydrogen-bond donors (Lipinski definition) is 1. The third-order valence-electron chi connectivity index (χ3n) is 3.03. The van der Waals surface area contributed by atoms with E-state index < -0.39 is 0 Å². The van der Waals surface area contributed by atoms with Gasteiger partial charge in [-0.2, -0.15) is 0 Å². The van der Waals surface area contributed by atoms with E-state index in [1.807, 2.05) is 6.92 Å². The van der Waals surface area contributed by atoms with E-state index in [4.69, 9.17) is 9.15 Å². The lowest BCUT2D eigenvalue weighted by Crippen LogP contribution is -2.39. The van der Waals surface area contributed by atoms with Crippen LogP contribution in [-0.4, -0.2) is 42.5 Å². The number of nitrogens with zero attached hydrogens (tertiary/aromatic N) is 3. The summed E-state index contributed by atoms with van der Waals surface area (Å²) in [4.78, 5) is 2.12. The number of hydrogen-bond acceptors (Lipinski definition) is 6. The minimum absolute atomic E-state index is 0.285. The van der Waals surface area contributed by atoms with Crippen molar-refractivity contribution in [2.24, 2.45) is 0 Å². The van der Waals surface area contributed by atoms with Crippen LogP contribution in [0.15, 0.2) is 4.42 Å². The van der Waals surface area contributed by atoms with Crippen LogP contribution >= 0.6 is 0 Å². The highest BCUT2D eigenvalue weighted by Crippen LogP contribution is 2.20. The van der Waals surface area contributed by atoms with E-state index in [0.29, 0.717) is 18.5 Å². The van der Waals surface area contributed by atoms with Crippen LogP contribution in [0, 0.1) is 0 Å². The molecule has 6 heteroatoms. The fourth-order valence-electron chi connectivity index (χ4n) is 2.16. The van der Waals surface area contributed by atoms with Crippen LogP contribution in [-0.2, 0) is 11.3 Å². The lowest BCUT2D eigenvalue weighted by molar-refractivity contribution is 0.0516. The molecule has 1 aromatic heterocycles. The molecule has 0 aliphatic carbocycles. The topological polar surface area (TPSA) is 63.4 Å². The summed E-state index contributed by atoms with van der Waals surface area (Å²) in [5.41, 5.74) is 0. The van der Waals surface area contributed by atoms with E-state index in [2.05, 4.69) is 27.3 Å². The van der Waals surface area contributed by atoms with Gasteiger partial charge in [-0.1, -0.05) is 12.0 Å². The predicted octanol–water partition coefficient (Wildman–Crippen LogP) is 1.18. The highest BCUT2D eigenvalue weighted by molar-refractivity contribution is 5.25. The fraction of sp³-hybridized carbons (Fsp3) is 0.833. The molecule has 1 fully saturated rings. The van der Waals surface area contributed by atoms with Gasteiger partial charge in [-0.3, -0.25) is 0 Å². The largest absolute Gasteiger partial charge is 0.407 e. The molecule has 102 valence electrons. The molecule has 1 saturated heterocycles. The second kappa shape index (κ2) is 6.70. The molecule has 0 bridgehead atoms. The molecule has 1 aliphatic rings. The number of anilines is 1. The highest BCUT2D eigenvalue weighted by atomic mass is 16.5. The zero-order valence-electron chi connectivity index (χ0n) is 11.2. The lowest BCUT2D eigenvalue weighted by Gasteiger charge is -2.30. The van der Waals surface area contributed by atoms with Gasteiger partial charge in [0.2, 0.25) is 5.89 Å². The summed E-state index contributed by atoms with van der Waals surface area (Å²) >= 11 is 0. The first kappa shape index (κ1) is 13.3. The summed E-state index contributed by atoms with van der Waals surface area (Å²) < 4.78 is 11.3. The molecule has 6 nitrogen and oxygen atoms in total. The smallest absolute Gasteiger partial charge is 0.318 e. The van der Waals surface area contributed by atoms with Crippen molar-refractivity contribution in [1.29, 1.82) is 0 Å². The van der Waals surface area contributed by atoms with Crippen molar-refractivity contribution in [3.63, 3.8) is 0 Å². The number of rotatable bonds is 6. The maximum Gasteiger partial charge on any atom is 0.318 e. The van der Waals surface area contributed by atoms with Gasteiger partial charge in [0.25, 0.3) is 0 Å². The normalized spacial score (nSPS) is 20.3. The van der Waals surface area contributed by atoms with Crippen LogP contribution in [0.2, 0.25) is 0 Å². The van der Waals surface area contributed by atoms with E-state index in [1.54, 1.807) is 0 Å². The molecule has 2 rings (SSSR count). The van der Waals surface area contributed by atoms with Crippen LogP contribution in [0.5, 0.6) is 0 Å². The van der Waals surface area contributed by atoms with Crippen molar-refractivity contribution < 1.29 is 9.15 Å². The molecule has 1 unspecified atom stereocenters. The molecule has 1 aromatic rings. The van der Waals surface area contributed by atoms with E-state index in [9.17, 15) is 0 Å². The number of ether oxygens (including phenoxy) is 1. The zero-order valence-corrected chi connectivity index (χ0v) is 11.2. The molecule has 1 aliphatic heterocycles. The van der Waals surface area contributed by atoms with E-state index in [1.165, 1.54) is 0 Å². The Hall–Kier alpha value is -1.14. The Morgan fingerprint density at radius 2 is 2.33 bits per heavy atom. The van der Waals surface area contributed by atoms with Gasteiger partial charge < -0.3 is 19.4 Å². The fourth-order valence-corrected chi connectivity index (χ4v) is 2.16. The van der Waals surface area contributed by atoms with Gasteiger partial charge in [0, 0.05) is 19.7 Å². The maximum absolute atomic E-state index is 5.66. The first-order valence-corrected chi connectivity index (χ1v) is 6.73. The van der Waals surface area contributed by atoms with E-state index in [-0.39, 0.29) is 6.10 Å². The molecule has 18 heavy (non-hydrogen) atoms. The van der Waals surface area contributed by atoms with Gasteiger partial charge in [-0.25, -0.2) is 0 Å². The van der Waals surface area contributed by atoms with Crippen LogP contribution < -0.4 is 10.2 Å². The van der Waals surface area contributed by atoms with Gasteiger partial charge in [0.1, 0.15) is 0 Å². The molecule has 0 amide bonds. The Kier molecular flexibility index (Phi) is 4.95. The Morgan fingerprint density at radius 3 is 3.11 bits per heavy atom. The Bertz CT molecular complexity index is 354. The average molecular weight is 254 g/mol. The first-order chi connectivity index (χ1) is 8.83. The highest BCUT2D eigenvalue weighted by Gasteiger charge is 2.23. The van der Waals surface area contributed by atoms with Gasteiger partial charge in [0.15, 0.2) is 0 Å². The molecule has 0 saturated carbocycles. The van der Waals surface area contributed by atoms with E-state index >= 15 is 0 Å². The lowest BCUT2D eigenvalue weighted by atomic mass is 10.1. The number of aromatic nitrogens is 2. The van der Waals surface area contributed by atoms with Crippen LogP contribution in [0.3, 0.4) is 0 Å². The monoisotopic (exact) mass is 254 g/mol. The van der Waals surface area contributed by atoms with Crippen LogP contribution in [0.1, 0.15) is 32.6 Å². The summed E-state index contributed by atoms with van der Waals surface area (Å²) in [5, 5.41) is 11.3. The summed E-state index contributed by atoms with van der Waals surface area (Å²) in [6.45, 7) is 8.17. The average Bonchev–Trinajstić information content (AvgIpc) is 2.86. The Morgan fingerprint density at radius 1 is 1.44 bits per heavy atom. The van der Waals surface area contributed by atoms with Crippen LogP contribution in [0.4, 0.5) is 6.01 Å². The molecule has 0 radical (unpaired) electrons. The number of nitrogens with one attached hydrogen (secondary N) is 1. The Balaban J connectivity index is 1.91. The second-order valence-corrected chi connectivity index (χ2v) is 4.42. The molecule has 0 spiro atoms. The number of piperidine rings is 1. The van der Waals surface area contributed by atoms with Gasteiger partial charge in [-0.05, 0) is 26.3 Å². The molecule has 1 atom stereocenters. The van der Waals surface area contributed by atoms with Crippen molar-refractivity contribution in [3.8, 4) is 0 Å². The molecule has 1 N–H and O–H groups in total. The minimum Gasteiger partial charge on any atom is -0.407 e. The van der Waals surface area contributed by atoms with E-state index in [0.717, 1.165) is 39.1 Å². The molecular weight excluding hydrogens is 232 g/mol. The molecule has 0 aromatic carbocycles. The van der Waals surface area contributed by atoms with Crippen molar-refractivity contribution in [2.75, 3.05) is 31.1 Å². The summed E-state index contributed by atoms with van der Waals surface area (Å²) in [6, 6.07) is 0.618. The minimum atomic E-state index is 0.285. The zero-order chi connectivity index (χ0) is 12.8. The second-order valence-electron chi connectivity index (χ2n) is 4.42. The predicted molar refractivity (Wildman–Crippen MR) is 68.5 cm³/mol. The third-order valence-corrected chi connectivity index (χ3v) is 3.03. The van der Waals surface area contributed by atoms with Crippen molar-refractivity contribution in [3.05, 3.63) is 5.89 Å². The summed E-state index contributed by atoms with van der Waals surface area (Å²) in [6.07, 6.45) is 2.51. The van der Waals surface area contributed by atoms with Crippen molar-refractivity contribution in [2.45, 2.75) is 39.3 Å². The van der Waals surface area contributed by atoms with Gasteiger partial charge >= 0.3 is 6.01 Å². The molecule has 2 heterocycles. The third kappa shape index (κ3) is 3.43. The Labute approximate surface area is 108 Å². The first-order valence-electron chi connectivity index (χ1n) is 6.73. The van der Waals surface area contributed by atoms with Crippen molar-refractivity contribution in [1.82, 2.24) is 15.5 Å². The van der Waals surface area contributed by atoms with Gasteiger partial charge in [-0.15, -0.1) is 5.10 Å². The summed E-state index contributed by atoms with van der Waals surface area (Å²) in [7, 11) is 0. The van der Waals surface area contributed by atoms with Crippen LogP contribution in [0.25, 0.3) is 0 Å². The van der Waals surface area contributed by atoms with Gasteiger partial charge in [0.05, 0.1) is 12.6 Å². The van der Waals surface area contributed by atoms with Crippen molar-refractivity contribution >= 4 is 6.01 Å². The SMILES string of the molecule is CCNCc1nnc(N2CCCC(OCC)C2)o1. The standard InChI is InChI=1S/C12H22N4O2/c1-3-13-8-11-14-15-12(18-11)16-7-5-6-10(9-16)17-4-2/h10,13H,3-9H2,1-2H3. The quantitative estimate of drug-likeness (QED) is 0.822. The summed E-state index contributed by atoms with van der Waals surface area (Å²) in [5.74, 6) is 0.644.